The van der Waals surface area contributed by atoms with Crippen molar-refractivity contribution in [3.8, 4) is 0 Å². The molecule has 0 bridgehead atoms. The molecule has 8 heteroatoms. The molecule has 2 rings (SSSR count). The molecule has 118 valence electrons. The Labute approximate surface area is 136 Å². The number of nitro benzene ring substituents is 1. The summed E-state index contributed by atoms with van der Waals surface area (Å²) in [6.07, 6.45) is 0. The van der Waals surface area contributed by atoms with Crippen LogP contribution in [0.3, 0.4) is 0 Å². The molecule has 0 amide bonds. The van der Waals surface area contributed by atoms with Crippen LogP contribution in [0.5, 0.6) is 0 Å². The van der Waals surface area contributed by atoms with E-state index in [-0.39, 0.29) is 22.3 Å². The van der Waals surface area contributed by atoms with Crippen LogP contribution in [0.15, 0.2) is 42.5 Å². The fourth-order valence-electron chi connectivity index (χ4n) is 1.82. The van der Waals surface area contributed by atoms with Crippen LogP contribution in [-0.2, 0) is 0 Å². The Balaban J connectivity index is 2.14. The minimum Gasteiger partial charge on any atom is -0.332 e. The van der Waals surface area contributed by atoms with Gasteiger partial charge < -0.3 is 10.6 Å². The number of thiocarbonyl (C=S) groups is 1. The van der Waals surface area contributed by atoms with E-state index in [1.165, 1.54) is 6.92 Å². The van der Waals surface area contributed by atoms with E-state index in [1.807, 2.05) is 0 Å². The second-order valence-electron chi connectivity index (χ2n) is 4.64. The number of nitrogens with zero attached hydrogens (tertiary/aromatic N) is 1. The maximum absolute atomic E-state index is 13.7. The van der Waals surface area contributed by atoms with E-state index < -0.39 is 10.7 Å². The maximum Gasteiger partial charge on any atom is 0.271 e. The highest BCUT2D eigenvalue weighted by Crippen LogP contribution is 2.21. The Morgan fingerprint density at radius 2 is 1.96 bits per heavy atom. The van der Waals surface area contributed by atoms with Gasteiger partial charge in [-0.3, -0.25) is 14.9 Å². The zero-order valence-electron chi connectivity index (χ0n) is 12.0. The van der Waals surface area contributed by atoms with Gasteiger partial charge in [-0.2, -0.15) is 0 Å². The quantitative estimate of drug-likeness (QED) is 0.384. The summed E-state index contributed by atoms with van der Waals surface area (Å²) in [5.41, 5.74) is 0.676. The molecular formula is C15H12FN3O3S. The summed E-state index contributed by atoms with van der Waals surface area (Å²) in [6.45, 7) is 1.44. The van der Waals surface area contributed by atoms with Crippen LogP contribution in [0.25, 0.3) is 0 Å². The average molecular weight is 333 g/mol. The number of hydrogen-bond donors (Lipinski definition) is 2. The lowest BCUT2D eigenvalue weighted by atomic mass is 10.1. The van der Waals surface area contributed by atoms with Gasteiger partial charge in [-0.15, -0.1) is 0 Å². The number of rotatable bonds is 4. The molecule has 0 fully saturated rings. The normalized spacial score (nSPS) is 10.0. The van der Waals surface area contributed by atoms with Crippen LogP contribution in [-0.4, -0.2) is 15.8 Å². The van der Waals surface area contributed by atoms with Crippen molar-refractivity contribution in [1.29, 1.82) is 0 Å². The van der Waals surface area contributed by atoms with Crippen molar-refractivity contribution in [2.24, 2.45) is 0 Å². The van der Waals surface area contributed by atoms with Gasteiger partial charge in [-0.1, -0.05) is 12.1 Å². The zero-order valence-corrected chi connectivity index (χ0v) is 12.8. The summed E-state index contributed by atoms with van der Waals surface area (Å²) in [7, 11) is 0. The van der Waals surface area contributed by atoms with Gasteiger partial charge in [0.2, 0.25) is 0 Å². The fourth-order valence-corrected chi connectivity index (χ4v) is 2.05. The molecule has 2 aromatic rings. The van der Waals surface area contributed by atoms with Gasteiger partial charge in [0.15, 0.2) is 10.9 Å². The second kappa shape index (κ2) is 6.93. The molecule has 0 aliphatic rings. The highest BCUT2D eigenvalue weighted by Gasteiger charge is 2.12. The number of ketones is 1. The number of hydrogen-bond acceptors (Lipinski definition) is 4. The number of halogens is 1. The smallest absolute Gasteiger partial charge is 0.271 e. The van der Waals surface area contributed by atoms with Gasteiger partial charge in [-0.05, 0) is 37.3 Å². The third kappa shape index (κ3) is 4.30. The molecule has 6 nitrogen and oxygen atoms in total. The monoisotopic (exact) mass is 333 g/mol. The number of Topliss-reactive ketones (excluding diaryl/α,β-unsaturated/α-hetero) is 1. The summed E-state index contributed by atoms with van der Waals surface area (Å²) >= 11 is 5.05. The van der Waals surface area contributed by atoms with Crippen molar-refractivity contribution in [2.75, 3.05) is 10.6 Å². The molecule has 0 aliphatic heterocycles. The third-order valence-corrected chi connectivity index (χ3v) is 3.14. The molecule has 0 aliphatic carbocycles. The first-order chi connectivity index (χ1) is 10.9. The Bertz CT molecular complexity index is 795. The topological polar surface area (TPSA) is 84.3 Å². The van der Waals surface area contributed by atoms with Crippen LogP contribution in [0.1, 0.15) is 17.3 Å². The molecule has 0 radical (unpaired) electrons. The van der Waals surface area contributed by atoms with E-state index >= 15 is 0 Å². The molecule has 23 heavy (non-hydrogen) atoms. The number of non-ortho nitro benzene ring substituents is 1. The summed E-state index contributed by atoms with van der Waals surface area (Å²) < 4.78 is 13.7. The summed E-state index contributed by atoms with van der Waals surface area (Å²) in [5.74, 6) is -0.769. The zero-order chi connectivity index (χ0) is 17.0. The minimum atomic E-state index is -0.669. The van der Waals surface area contributed by atoms with Crippen molar-refractivity contribution >= 4 is 40.2 Å². The van der Waals surface area contributed by atoms with E-state index in [1.54, 1.807) is 24.3 Å². The van der Waals surface area contributed by atoms with Crippen molar-refractivity contribution in [3.63, 3.8) is 0 Å². The second-order valence-corrected chi connectivity index (χ2v) is 5.05. The van der Waals surface area contributed by atoms with Crippen molar-refractivity contribution in [2.45, 2.75) is 6.92 Å². The number of anilines is 2. The first-order valence-electron chi connectivity index (χ1n) is 6.50. The Kier molecular flexibility index (Phi) is 4.97. The molecule has 0 aromatic heterocycles. The van der Waals surface area contributed by atoms with Gasteiger partial charge >= 0.3 is 0 Å². The van der Waals surface area contributed by atoms with Crippen LogP contribution < -0.4 is 10.6 Å². The highest BCUT2D eigenvalue weighted by atomic mass is 32.1. The number of carbonyl (C=O) groups is 1. The average Bonchev–Trinajstić information content (AvgIpc) is 2.49. The van der Waals surface area contributed by atoms with E-state index in [4.69, 9.17) is 12.2 Å². The molecule has 2 N–H and O–H groups in total. The molecule has 0 heterocycles. The standard InChI is InChI=1S/C15H12FN3O3S/c1-9(20)10-3-2-4-11(7-10)17-15(23)18-14-8-12(19(21)22)5-6-13(14)16/h2-8H,1H3,(H2,17,18,23). The fraction of sp³-hybridized carbons (Fsp3) is 0.0667. The Hall–Kier alpha value is -2.87. The van der Waals surface area contributed by atoms with Gasteiger partial charge in [0.1, 0.15) is 5.82 Å². The Morgan fingerprint density at radius 1 is 1.22 bits per heavy atom. The number of carbonyl (C=O) groups excluding carboxylic acids is 1. The van der Waals surface area contributed by atoms with Crippen LogP contribution in [0.2, 0.25) is 0 Å². The van der Waals surface area contributed by atoms with Gasteiger partial charge in [0, 0.05) is 23.4 Å². The lowest BCUT2D eigenvalue weighted by Gasteiger charge is -2.11. The summed E-state index contributed by atoms with van der Waals surface area (Å²) in [5, 5.41) is 16.1. The molecular weight excluding hydrogens is 321 g/mol. The van der Waals surface area contributed by atoms with Crippen molar-refractivity contribution in [1.82, 2.24) is 0 Å². The molecule has 0 spiro atoms. The van der Waals surface area contributed by atoms with E-state index in [0.717, 1.165) is 18.2 Å². The lowest BCUT2D eigenvalue weighted by molar-refractivity contribution is -0.384. The molecule has 0 unspecified atom stereocenters. The van der Waals surface area contributed by atoms with E-state index in [2.05, 4.69) is 10.6 Å². The SMILES string of the molecule is CC(=O)c1cccc(NC(=S)Nc2cc([N+](=O)[O-])ccc2F)c1. The highest BCUT2D eigenvalue weighted by molar-refractivity contribution is 7.80. The number of nitro groups is 1. The third-order valence-electron chi connectivity index (χ3n) is 2.94. The summed E-state index contributed by atoms with van der Waals surface area (Å²) in [6, 6.07) is 9.71. The number of benzene rings is 2. The molecule has 0 saturated heterocycles. The maximum atomic E-state index is 13.7. The first kappa shape index (κ1) is 16.5. The number of nitrogens with one attached hydrogen (secondary N) is 2. The van der Waals surface area contributed by atoms with Crippen LogP contribution in [0, 0.1) is 15.9 Å². The summed E-state index contributed by atoms with van der Waals surface area (Å²) in [4.78, 5) is 21.4. The van der Waals surface area contributed by atoms with Crippen LogP contribution >= 0.6 is 12.2 Å². The van der Waals surface area contributed by atoms with Crippen LogP contribution in [0.4, 0.5) is 21.5 Å². The predicted octanol–water partition coefficient (Wildman–Crippen LogP) is 3.75. The molecule has 2 aromatic carbocycles. The van der Waals surface area contributed by atoms with Crippen molar-refractivity contribution < 1.29 is 14.1 Å². The van der Waals surface area contributed by atoms with Crippen molar-refractivity contribution in [3.05, 3.63) is 64.0 Å². The predicted molar refractivity (Wildman–Crippen MR) is 89.3 cm³/mol. The molecule has 0 atom stereocenters. The van der Waals surface area contributed by atoms with E-state index in [9.17, 15) is 19.3 Å². The van der Waals surface area contributed by atoms with E-state index in [0.29, 0.717) is 11.3 Å². The largest absolute Gasteiger partial charge is 0.332 e. The van der Waals surface area contributed by atoms with Gasteiger partial charge in [0.05, 0.1) is 10.6 Å². The first-order valence-corrected chi connectivity index (χ1v) is 6.90. The minimum absolute atomic E-state index is 0.0464. The Morgan fingerprint density at radius 3 is 2.61 bits per heavy atom. The molecule has 0 saturated carbocycles. The van der Waals surface area contributed by atoms with Gasteiger partial charge in [-0.25, -0.2) is 4.39 Å². The lowest BCUT2D eigenvalue weighted by Crippen LogP contribution is -2.20. The van der Waals surface area contributed by atoms with Gasteiger partial charge in [0.25, 0.3) is 5.69 Å².